The lowest BCUT2D eigenvalue weighted by Crippen LogP contribution is -2.31. The van der Waals surface area contributed by atoms with Crippen molar-refractivity contribution in [3.8, 4) is 0 Å². The van der Waals surface area contributed by atoms with Crippen molar-refractivity contribution in [1.29, 1.82) is 0 Å². The van der Waals surface area contributed by atoms with Gasteiger partial charge in [0.05, 0.1) is 5.69 Å². The highest BCUT2D eigenvalue weighted by Gasteiger charge is 2.16. The van der Waals surface area contributed by atoms with Crippen LogP contribution >= 0.6 is 11.8 Å². The molecule has 0 amide bonds. The Labute approximate surface area is 146 Å². The van der Waals surface area contributed by atoms with Crippen LogP contribution in [0.1, 0.15) is 30.7 Å². The van der Waals surface area contributed by atoms with Crippen LogP contribution in [0.3, 0.4) is 0 Å². The zero-order chi connectivity index (χ0) is 16.9. The summed E-state index contributed by atoms with van der Waals surface area (Å²) in [4.78, 5) is 22.1. The first-order chi connectivity index (χ1) is 11.7. The number of aromatic nitrogens is 2. The average Bonchev–Trinajstić information content (AvgIpc) is 2.62. The number of anilines is 1. The molecule has 128 valence electrons. The van der Waals surface area contributed by atoms with Gasteiger partial charge in [-0.15, -0.1) is 0 Å². The van der Waals surface area contributed by atoms with Crippen molar-refractivity contribution in [3.63, 3.8) is 0 Å². The fourth-order valence-electron chi connectivity index (χ4n) is 3.07. The van der Waals surface area contributed by atoms with Crippen LogP contribution in [0.2, 0.25) is 0 Å². The van der Waals surface area contributed by atoms with Crippen molar-refractivity contribution in [2.45, 2.75) is 37.7 Å². The number of rotatable bonds is 6. The van der Waals surface area contributed by atoms with Crippen LogP contribution in [0.25, 0.3) is 0 Å². The largest absolute Gasteiger partial charge is 0.372 e. The lowest BCUT2D eigenvalue weighted by Gasteiger charge is -2.24. The lowest BCUT2D eigenvalue weighted by atomic mass is 10.1. The van der Waals surface area contributed by atoms with E-state index in [4.69, 9.17) is 0 Å². The van der Waals surface area contributed by atoms with Crippen molar-refractivity contribution in [2.75, 3.05) is 24.5 Å². The third-order valence-corrected chi connectivity index (χ3v) is 5.31. The van der Waals surface area contributed by atoms with Crippen molar-refractivity contribution >= 4 is 17.4 Å². The molecule has 2 heterocycles. The lowest BCUT2D eigenvalue weighted by molar-refractivity contribution is 0.607. The summed E-state index contributed by atoms with van der Waals surface area (Å²) in [6.45, 7) is 7.84. The molecule has 6 heteroatoms. The van der Waals surface area contributed by atoms with E-state index in [0.29, 0.717) is 11.7 Å². The van der Waals surface area contributed by atoms with Gasteiger partial charge < -0.3 is 15.2 Å². The maximum Gasteiger partial charge on any atom is 0.255 e. The molecule has 2 aromatic rings. The number of H-pyrrole nitrogens is 1. The minimum absolute atomic E-state index is 0.0148. The van der Waals surface area contributed by atoms with E-state index in [-0.39, 0.29) is 5.56 Å². The van der Waals surface area contributed by atoms with Gasteiger partial charge in [-0.1, -0.05) is 30.0 Å². The van der Waals surface area contributed by atoms with Crippen LogP contribution in [0.4, 0.5) is 5.69 Å². The number of aromatic amines is 1. The first kappa shape index (κ1) is 17.0. The van der Waals surface area contributed by atoms with Crippen LogP contribution in [0.15, 0.2) is 34.2 Å². The number of nitrogens with one attached hydrogen (secondary N) is 2. The molecule has 0 unspecified atom stereocenters. The van der Waals surface area contributed by atoms with E-state index in [9.17, 15) is 4.79 Å². The van der Waals surface area contributed by atoms with Gasteiger partial charge in [0, 0.05) is 36.6 Å². The summed E-state index contributed by atoms with van der Waals surface area (Å²) in [5, 5.41) is 3.98. The van der Waals surface area contributed by atoms with E-state index in [1.807, 2.05) is 0 Å². The van der Waals surface area contributed by atoms with Gasteiger partial charge in [0.15, 0.2) is 5.16 Å². The summed E-state index contributed by atoms with van der Waals surface area (Å²) < 4.78 is 0. The van der Waals surface area contributed by atoms with Gasteiger partial charge in [-0.25, -0.2) is 4.98 Å². The van der Waals surface area contributed by atoms with Crippen molar-refractivity contribution < 1.29 is 0 Å². The molecule has 0 saturated carbocycles. The van der Waals surface area contributed by atoms with Gasteiger partial charge in [0.1, 0.15) is 0 Å². The fraction of sp³-hybridized carbons (Fsp3) is 0.444. The molecule has 0 aliphatic carbocycles. The second-order valence-corrected chi connectivity index (χ2v) is 6.78. The number of nitrogens with zero attached hydrogens (tertiary/aromatic N) is 2. The Bertz CT molecular complexity index is 755. The monoisotopic (exact) mass is 344 g/mol. The molecule has 5 nitrogen and oxygen atoms in total. The highest BCUT2D eigenvalue weighted by molar-refractivity contribution is 7.98. The van der Waals surface area contributed by atoms with Crippen LogP contribution in [0.5, 0.6) is 0 Å². The zero-order valence-corrected chi connectivity index (χ0v) is 15.1. The molecule has 0 atom stereocenters. The minimum atomic E-state index is 0.0148. The molecular formula is C18H24N4OS. The van der Waals surface area contributed by atoms with Crippen LogP contribution < -0.4 is 15.8 Å². The number of hydrogen-bond donors (Lipinski definition) is 2. The van der Waals surface area contributed by atoms with Gasteiger partial charge in [-0.05, 0) is 38.4 Å². The predicted molar refractivity (Wildman–Crippen MR) is 99.8 cm³/mol. The highest BCUT2D eigenvalue weighted by Crippen LogP contribution is 2.27. The third kappa shape index (κ3) is 3.65. The Morgan fingerprint density at radius 1 is 1.25 bits per heavy atom. The smallest absolute Gasteiger partial charge is 0.255 e. The molecule has 1 aromatic heterocycles. The Morgan fingerprint density at radius 2 is 2.04 bits per heavy atom. The van der Waals surface area contributed by atoms with Gasteiger partial charge in [0.2, 0.25) is 0 Å². The SMILES string of the molecule is CCN(CC)c1ccccc1CSc1nc2c(c(=O)[nH]1)CCNC2. The van der Waals surface area contributed by atoms with Crippen molar-refractivity contribution in [1.82, 2.24) is 15.3 Å². The minimum Gasteiger partial charge on any atom is -0.372 e. The quantitative estimate of drug-likeness (QED) is 0.623. The molecule has 1 aliphatic rings. The van der Waals surface area contributed by atoms with Crippen LogP contribution in [-0.2, 0) is 18.7 Å². The van der Waals surface area contributed by atoms with Crippen molar-refractivity contribution in [2.24, 2.45) is 0 Å². The summed E-state index contributed by atoms with van der Waals surface area (Å²) in [6, 6.07) is 8.46. The number of thioether (sulfide) groups is 1. The van der Waals surface area contributed by atoms with Crippen LogP contribution in [-0.4, -0.2) is 29.6 Å². The Balaban J connectivity index is 1.79. The number of benzene rings is 1. The molecule has 0 radical (unpaired) electrons. The van der Waals surface area contributed by atoms with E-state index in [1.54, 1.807) is 11.8 Å². The summed E-state index contributed by atoms with van der Waals surface area (Å²) in [5.41, 5.74) is 4.27. The van der Waals surface area contributed by atoms with Crippen molar-refractivity contribution in [3.05, 3.63) is 51.4 Å². The fourth-order valence-corrected chi connectivity index (χ4v) is 3.94. The molecule has 0 spiro atoms. The van der Waals surface area contributed by atoms with E-state index in [1.165, 1.54) is 11.3 Å². The molecule has 0 bridgehead atoms. The van der Waals surface area contributed by atoms with Gasteiger partial charge in [-0.3, -0.25) is 4.79 Å². The zero-order valence-electron chi connectivity index (χ0n) is 14.3. The predicted octanol–water partition coefficient (Wildman–Crippen LogP) is 2.55. The maximum absolute atomic E-state index is 12.2. The van der Waals surface area contributed by atoms with E-state index >= 15 is 0 Å². The molecule has 0 saturated heterocycles. The molecular weight excluding hydrogens is 320 g/mol. The summed E-state index contributed by atoms with van der Waals surface area (Å²) >= 11 is 1.59. The average molecular weight is 344 g/mol. The second-order valence-electron chi connectivity index (χ2n) is 5.81. The van der Waals surface area contributed by atoms with E-state index in [2.05, 4.69) is 58.3 Å². The number of hydrogen-bond acceptors (Lipinski definition) is 5. The molecule has 0 fully saturated rings. The summed E-state index contributed by atoms with van der Waals surface area (Å²) in [6.07, 6.45) is 0.757. The second kappa shape index (κ2) is 7.85. The Hall–Kier alpha value is -1.79. The summed E-state index contributed by atoms with van der Waals surface area (Å²) in [5.74, 6) is 0.793. The molecule has 1 aromatic carbocycles. The number of fused-ring (bicyclic) bond motifs is 1. The normalized spacial score (nSPS) is 13.6. The Kier molecular flexibility index (Phi) is 5.58. The molecule has 24 heavy (non-hydrogen) atoms. The maximum atomic E-state index is 12.2. The van der Waals surface area contributed by atoms with E-state index in [0.717, 1.165) is 43.1 Å². The highest BCUT2D eigenvalue weighted by atomic mass is 32.2. The van der Waals surface area contributed by atoms with Gasteiger partial charge in [0.25, 0.3) is 5.56 Å². The first-order valence-corrected chi connectivity index (χ1v) is 9.50. The van der Waals surface area contributed by atoms with Gasteiger partial charge in [-0.2, -0.15) is 0 Å². The molecule has 2 N–H and O–H groups in total. The molecule has 1 aliphatic heterocycles. The molecule has 3 rings (SSSR count). The summed E-state index contributed by atoms with van der Waals surface area (Å²) in [7, 11) is 0. The number of para-hydroxylation sites is 1. The first-order valence-electron chi connectivity index (χ1n) is 8.51. The Morgan fingerprint density at radius 3 is 2.83 bits per heavy atom. The standard InChI is InChI=1S/C18H24N4OS/c1-3-22(4-2)16-8-6-5-7-13(16)12-24-18-20-15-11-19-10-9-14(15)17(23)21-18/h5-8,19H,3-4,9-12H2,1-2H3,(H,20,21,23). The third-order valence-electron chi connectivity index (χ3n) is 4.38. The van der Waals surface area contributed by atoms with Crippen LogP contribution in [0, 0.1) is 0 Å². The van der Waals surface area contributed by atoms with Gasteiger partial charge >= 0.3 is 0 Å². The topological polar surface area (TPSA) is 61.0 Å². The van der Waals surface area contributed by atoms with E-state index < -0.39 is 0 Å².